The number of carboxylic acids is 1. The Kier molecular flexibility index (Phi) is 4.18. The van der Waals surface area contributed by atoms with Crippen molar-refractivity contribution in [3.8, 4) is 0 Å². The van der Waals surface area contributed by atoms with Gasteiger partial charge in [-0.3, -0.25) is 0 Å². The number of nitrogens with zero attached hydrogens (tertiary/aromatic N) is 3. The van der Waals surface area contributed by atoms with Gasteiger partial charge in [-0.2, -0.15) is 0 Å². The highest BCUT2D eigenvalue weighted by molar-refractivity contribution is 7.98. The molecule has 0 unspecified atom stereocenters. The number of pyridine rings is 1. The Morgan fingerprint density at radius 3 is 2.74 bits per heavy atom. The number of halogens is 1. The van der Waals surface area contributed by atoms with Gasteiger partial charge in [-0.25, -0.2) is 19.7 Å². The maximum absolute atomic E-state index is 10.7. The van der Waals surface area contributed by atoms with Gasteiger partial charge in [0.25, 0.3) is 0 Å². The summed E-state index contributed by atoms with van der Waals surface area (Å²) in [5, 5.41) is 12.6. The Morgan fingerprint density at radius 1 is 1.37 bits per heavy atom. The second-order valence-electron chi connectivity index (χ2n) is 3.42. The number of hydrogen-bond acceptors (Lipinski definition) is 6. The molecule has 8 heteroatoms. The topological polar surface area (TPSA) is 88.0 Å². The first-order chi connectivity index (χ1) is 9.08. The number of hydrogen-bond donors (Lipinski definition) is 2. The number of nitrogens with one attached hydrogen (secondary N) is 1. The molecule has 6 nitrogen and oxygen atoms in total. The van der Waals surface area contributed by atoms with Crippen LogP contribution < -0.4 is 5.32 Å². The molecule has 0 aliphatic carbocycles. The van der Waals surface area contributed by atoms with E-state index in [0.29, 0.717) is 21.9 Å². The first kappa shape index (κ1) is 13.6. The Hall–Kier alpha value is -1.86. The molecule has 19 heavy (non-hydrogen) atoms. The van der Waals surface area contributed by atoms with Crippen molar-refractivity contribution in [1.29, 1.82) is 0 Å². The minimum absolute atomic E-state index is 0.121. The fraction of sp³-hybridized carbons (Fsp3) is 0.0909. The smallest absolute Gasteiger partial charge is 0.337 e. The maximum atomic E-state index is 10.7. The first-order valence-electron chi connectivity index (χ1n) is 5.13. The summed E-state index contributed by atoms with van der Waals surface area (Å²) in [6, 6.07) is 4.57. The lowest BCUT2D eigenvalue weighted by molar-refractivity contribution is 0.0696. The standard InChI is InChI=1S/C11H9ClN4O2S/c1-19-11-14-7(12)4-9(16-11)15-8-3-2-6(5-13-8)10(17)18/h2-5H,1H3,(H,17,18)(H,13,14,15,16). The van der Waals surface area contributed by atoms with E-state index in [1.54, 1.807) is 12.1 Å². The fourth-order valence-electron chi connectivity index (χ4n) is 1.28. The van der Waals surface area contributed by atoms with E-state index in [9.17, 15) is 4.79 Å². The molecule has 2 N–H and O–H groups in total. The Labute approximate surface area is 118 Å². The zero-order chi connectivity index (χ0) is 13.8. The highest BCUT2D eigenvalue weighted by atomic mass is 35.5. The quantitative estimate of drug-likeness (QED) is 0.509. The molecule has 0 spiro atoms. The zero-order valence-electron chi connectivity index (χ0n) is 9.79. The van der Waals surface area contributed by atoms with E-state index in [-0.39, 0.29) is 5.56 Å². The number of anilines is 2. The van der Waals surface area contributed by atoms with Crippen LogP contribution in [-0.2, 0) is 0 Å². The van der Waals surface area contributed by atoms with Crippen molar-refractivity contribution in [3.05, 3.63) is 35.1 Å². The monoisotopic (exact) mass is 296 g/mol. The lowest BCUT2D eigenvalue weighted by Crippen LogP contribution is -2.01. The number of aromatic nitrogens is 3. The number of carbonyl (C=O) groups is 1. The van der Waals surface area contributed by atoms with Crippen molar-refractivity contribution in [3.63, 3.8) is 0 Å². The number of carboxylic acid groups (broad SMARTS) is 1. The van der Waals surface area contributed by atoms with Crippen molar-refractivity contribution in [1.82, 2.24) is 15.0 Å². The van der Waals surface area contributed by atoms with Gasteiger partial charge in [0.05, 0.1) is 5.56 Å². The van der Waals surface area contributed by atoms with Gasteiger partial charge >= 0.3 is 5.97 Å². The molecule has 0 amide bonds. The summed E-state index contributed by atoms with van der Waals surface area (Å²) in [4.78, 5) is 22.9. The fourth-order valence-corrected chi connectivity index (χ4v) is 1.89. The Balaban J connectivity index is 2.21. The van der Waals surface area contributed by atoms with E-state index in [2.05, 4.69) is 20.3 Å². The lowest BCUT2D eigenvalue weighted by atomic mass is 10.3. The lowest BCUT2D eigenvalue weighted by Gasteiger charge is -2.06. The molecule has 0 bridgehead atoms. The molecule has 0 atom stereocenters. The first-order valence-corrected chi connectivity index (χ1v) is 6.73. The molecule has 98 valence electrons. The van der Waals surface area contributed by atoms with Crippen LogP contribution in [0.25, 0.3) is 0 Å². The van der Waals surface area contributed by atoms with Crippen LogP contribution in [0.1, 0.15) is 10.4 Å². The van der Waals surface area contributed by atoms with E-state index < -0.39 is 5.97 Å². The van der Waals surface area contributed by atoms with Crippen LogP contribution in [0.2, 0.25) is 5.15 Å². The highest BCUT2D eigenvalue weighted by Crippen LogP contribution is 2.19. The van der Waals surface area contributed by atoms with Crippen molar-refractivity contribution < 1.29 is 9.90 Å². The summed E-state index contributed by atoms with van der Waals surface area (Å²) in [5.74, 6) is -0.0412. The molecule has 2 rings (SSSR count). The predicted octanol–water partition coefficient (Wildman–Crippen LogP) is 2.69. The SMILES string of the molecule is CSc1nc(Cl)cc(Nc2ccc(C(=O)O)cn2)n1. The third-order valence-corrected chi connectivity index (χ3v) is 2.86. The molecule has 2 aromatic heterocycles. The van der Waals surface area contributed by atoms with Crippen molar-refractivity contribution >= 4 is 41.0 Å². The van der Waals surface area contributed by atoms with Crippen molar-refractivity contribution in [2.24, 2.45) is 0 Å². The number of thioether (sulfide) groups is 1. The van der Waals surface area contributed by atoms with E-state index in [0.717, 1.165) is 0 Å². The number of aromatic carboxylic acids is 1. The third-order valence-electron chi connectivity index (χ3n) is 2.12. The summed E-state index contributed by atoms with van der Waals surface area (Å²) >= 11 is 7.23. The third kappa shape index (κ3) is 3.55. The normalized spacial score (nSPS) is 10.2. The summed E-state index contributed by atoms with van der Waals surface area (Å²) in [5.41, 5.74) is 0.121. The maximum Gasteiger partial charge on any atom is 0.337 e. The summed E-state index contributed by atoms with van der Waals surface area (Å²) < 4.78 is 0. The van der Waals surface area contributed by atoms with Crippen LogP contribution in [0.3, 0.4) is 0 Å². The van der Waals surface area contributed by atoms with E-state index in [1.807, 2.05) is 6.26 Å². The molecule has 2 heterocycles. The molecule has 0 aliphatic rings. The van der Waals surface area contributed by atoms with Gasteiger partial charge in [-0.1, -0.05) is 23.4 Å². The molecule has 0 aromatic carbocycles. The molecule has 0 aliphatic heterocycles. The number of rotatable bonds is 4. The van der Waals surface area contributed by atoms with E-state index >= 15 is 0 Å². The molecular formula is C11H9ClN4O2S. The average Bonchev–Trinajstić information content (AvgIpc) is 2.38. The average molecular weight is 297 g/mol. The molecular weight excluding hydrogens is 288 g/mol. The predicted molar refractivity (Wildman–Crippen MR) is 73.3 cm³/mol. The van der Waals surface area contributed by atoms with Crippen LogP contribution in [-0.4, -0.2) is 32.3 Å². The van der Waals surface area contributed by atoms with Crippen molar-refractivity contribution in [2.45, 2.75) is 5.16 Å². The van der Waals surface area contributed by atoms with Crippen LogP contribution in [0.15, 0.2) is 29.6 Å². The summed E-state index contributed by atoms with van der Waals surface area (Å²) in [6.07, 6.45) is 3.11. The summed E-state index contributed by atoms with van der Waals surface area (Å²) in [6.45, 7) is 0. The summed E-state index contributed by atoms with van der Waals surface area (Å²) in [7, 11) is 0. The van der Waals surface area contributed by atoms with Gasteiger partial charge in [0.2, 0.25) is 0 Å². The Morgan fingerprint density at radius 2 is 2.16 bits per heavy atom. The molecule has 0 fully saturated rings. The molecule has 2 aromatic rings. The Bertz CT molecular complexity index is 606. The van der Waals surface area contributed by atoms with Gasteiger partial charge in [-0.05, 0) is 18.4 Å². The van der Waals surface area contributed by atoms with Crippen LogP contribution in [0.4, 0.5) is 11.6 Å². The van der Waals surface area contributed by atoms with Gasteiger partial charge in [0.1, 0.15) is 16.8 Å². The van der Waals surface area contributed by atoms with Gasteiger partial charge in [-0.15, -0.1) is 0 Å². The van der Waals surface area contributed by atoms with Gasteiger partial charge in [0, 0.05) is 12.3 Å². The molecule has 0 saturated heterocycles. The second kappa shape index (κ2) is 5.85. The van der Waals surface area contributed by atoms with E-state index in [4.69, 9.17) is 16.7 Å². The van der Waals surface area contributed by atoms with Gasteiger partial charge < -0.3 is 10.4 Å². The van der Waals surface area contributed by atoms with Gasteiger partial charge in [0.15, 0.2) is 5.16 Å². The minimum atomic E-state index is -1.02. The second-order valence-corrected chi connectivity index (χ2v) is 4.59. The van der Waals surface area contributed by atoms with Crippen molar-refractivity contribution in [2.75, 3.05) is 11.6 Å². The molecule has 0 radical (unpaired) electrons. The zero-order valence-corrected chi connectivity index (χ0v) is 11.4. The van der Waals surface area contributed by atoms with E-state index in [1.165, 1.54) is 24.0 Å². The van der Waals surface area contributed by atoms with Crippen LogP contribution >= 0.6 is 23.4 Å². The minimum Gasteiger partial charge on any atom is -0.478 e. The largest absolute Gasteiger partial charge is 0.478 e. The van der Waals surface area contributed by atoms with Crippen LogP contribution in [0, 0.1) is 0 Å². The van der Waals surface area contributed by atoms with Crippen LogP contribution in [0.5, 0.6) is 0 Å². The highest BCUT2D eigenvalue weighted by Gasteiger charge is 2.05. The molecule has 0 saturated carbocycles.